The standard InChI is InChI=1S/C7H16ClNO/c1-7(10-3)6-9(2)5-4-8/h7H,4-6H2,1-3H3. The number of ether oxygens (including phenoxy) is 1. The van der Waals surface area contributed by atoms with Gasteiger partial charge in [-0.05, 0) is 14.0 Å². The molecule has 0 rings (SSSR count). The van der Waals surface area contributed by atoms with E-state index in [1.807, 2.05) is 14.0 Å². The van der Waals surface area contributed by atoms with Crippen molar-refractivity contribution in [2.45, 2.75) is 13.0 Å². The lowest BCUT2D eigenvalue weighted by Crippen LogP contribution is -2.29. The van der Waals surface area contributed by atoms with Crippen LogP contribution in [-0.2, 0) is 4.74 Å². The molecule has 0 aromatic rings. The van der Waals surface area contributed by atoms with Crippen molar-refractivity contribution in [3.63, 3.8) is 0 Å². The van der Waals surface area contributed by atoms with Gasteiger partial charge in [0.1, 0.15) is 0 Å². The van der Waals surface area contributed by atoms with Crippen molar-refractivity contribution >= 4 is 11.6 Å². The van der Waals surface area contributed by atoms with E-state index in [1.54, 1.807) is 7.11 Å². The van der Waals surface area contributed by atoms with Crippen LogP contribution >= 0.6 is 11.6 Å². The molecule has 0 aliphatic heterocycles. The molecule has 0 aromatic carbocycles. The fraction of sp³-hybridized carbons (Fsp3) is 1.00. The molecule has 0 N–H and O–H groups in total. The predicted molar refractivity (Wildman–Crippen MR) is 44.7 cm³/mol. The maximum Gasteiger partial charge on any atom is 0.0670 e. The van der Waals surface area contributed by atoms with E-state index in [2.05, 4.69) is 4.90 Å². The molecule has 1 atom stereocenters. The molecular formula is C7H16ClNO. The summed E-state index contributed by atoms with van der Waals surface area (Å²) in [6.45, 7) is 3.92. The normalized spacial score (nSPS) is 14.1. The van der Waals surface area contributed by atoms with Gasteiger partial charge in [-0.25, -0.2) is 0 Å². The Labute approximate surface area is 68.1 Å². The third-order valence-electron chi connectivity index (χ3n) is 1.44. The van der Waals surface area contributed by atoms with Crippen LogP contribution < -0.4 is 0 Å². The molecule has 2 nitrogen and oxygen atoms in total. The Morgan fingerprint density at radius 1 is 1.60 bits per heavy atom. The van der Waals surface area contributed by atoms with Crippen molar-refractivity contribution in [3.05, 3.63) is 0 Å². The second-order valence-corrected chi connectivity index (χ2v) is 2.88. The van der Waals surface area contributed by atoms with E-state index in [0.717, 1.165) is 13.1 Å². The topological polar surface area (TPSA) is 12.5 Å². The maximum atomic E-state index is 5.54. The van der Waals surface area contributed by atoms with Gasteiger partial charge in [0.15, 0.2) is 0 Å². The zero-order chi connectivity index (χ0) is 7.98. The van der Waals surface area contributed by atoms with Crippen molar-refractivity contribution in [3.8, 4) is 0 Å². The molecule has 1 unspecified atom stereocenters. The molecule has 0 saturated carbocycles. The van der Waals surface area contributed by atoms with E-state index < -0.39 is 0 Å². The van der Waals surface area contributed by atoms with E-state index >= 15 is 0 Å². The van der Waals surface area contributed by atoms with E-state index in [4.69, 9.17) is 16.3 Å². The molecule has 62 valence electrons. The molecular weight excluding hydrogens is 150 g/mol. The van der Waals surface area contributed by atoms with Crippen molar-refractivity contribution in [1.29, 1.82) is 0 Å². The first kappa shape index (κ1) is 10.2. The largest absolute Gasteiger partial charge is 0.380 e. The molecule has 0 spiro atoms. The molecule has 0 amide bonds. The number of rotatable bonds is 5. The van der Waals surface area contributed by atoms with E-state index in [0.29, 0.717) is 12.0 Å². The Bertz CT molecular complexity index is 80.0. The fourth-order valence-electron chi connectivity index (χ4n) is 0.749. The van der Waals surface area contributed by atoms with Gasteiger partial charge >= 0.3 is 0 Å². The number of hydrogen-bond acceptors (Lipinski definition) is 2. The quantitative estimate of drug-likeness (QED) is 0.568. The average molecular weight is 166 g/mol. The Balaban J connectivity index is 3.27. The molecule has 0 fully saturated rings. The van der Waals surface area contributed by atoms with Crippen LogP contribution in [0.4, 0.5) is 0 Å². The van der Waals surface area contributed by atoms with Gasteiger partial charge in [0, 0.05) is 26.1 Å². The Hall–Kier alpha value is 0.210. The summed E-state index contributed by atoms with van der Waals surface area (Å²) in [6.07, 6.45) is 0.299. The second kappa shape index (κ2) is 5.96. The summed E-state index contributed by atoms with van der Waals surface area (Å²) >= 11 is 5.54. The fourth-order valence-corrected chi connectivity index (χ4v) is 1.04. The van der Waals surface area contributed by atoms with Gasteiger partial charge < -0.3 is 9.64 Å². The van der Waals surface area contributed by atoms with Crippen LogP contribution in [0, 0.1) is 0 Å². The molecule has 3 heteroatoms. The summed E-state index contributed by atoms with van der Waals surface area (Å²) in [4.78, 5) is 2.15. The summed E-state index contributed by atoms with van der Waals surface area (Å²) in [5.41, 5.74) is 0. The summed E-state index contributed by atoms with van der Waals surface area (Å²) in [7, 11) is 3.76. The summed E-state index contributed by atoms with van der Waals surface area (Å²) in [5, 5.41) is 0. The molecule has 0 radical (unpaired) electrons. The van der Waals surface area contributed by atoms with E-state index in [-0.39, 0.29) is 0 Å². The van der Waals surface area contributed by atoms with Crippen molar-refractivity contribution < 1.29 is 4.74 Å². The Morgan fingerprint density at radius 2 is 2.20 bits per heavy atom. The summed E-state index contributed by atoms with van der Waals surface area (Å²) in [6, 6.07) is 0. The SMILES string of the molecule is COC(C)CN(C)CCCl. The van der Waals surface area contributed by atoms with Gasteiger partial charge in [-0.3, -0.25) is 0 Å². The second-order valence-electron chi connectivity index (χ2n) is 2.50. The molecule has 0 heterocycles. The van der Waals surface area contributed by atoms with Crippen LogP contribution in [0.5, 0.6) is 0 Å². The van der Waals surface area contributed by atoms with Gasteiger partial charge in [-0.1, -0.05) is 0 Å². The lowest BCUT2D eigenvalue weighted by molar-refractivity contribution is 0.0876. The minimum absolute atomic E-state index is 0.299. The van der Waals surface area contributed by atoms with Crippen molar-refractivity contribution in [2.75, 3.05) is 33.1 Å². The molecule has 0 aliphatic carbocycles. The summed E-state index contributed by atoms with van der Waals surface area (Å²) in [5.74, 6) is 0.687. The number of alkyl halides is 1. The number of methoxy groups -OCH3 is 1. The highest BCUT2D eigenvalue weighted by atomic mass is 35.5. The third kappa shape index (κ3) is 5.03. The highest BCUT2D eigenvalue weighted by Gasteiger charge is 2.02. The van der Waals surface area contributed by atoms with Crippen LogP contribution in [-0.4, -0.2) is 44.1 Å². The molecule has 0 saturated heterocycles. The third-order valence-corrected chi connectivity index (χ3v) is 1.61. The van der Waals surface area contributed by atoms with Gasteiger partial charge in [0.2, 0.25) is 0 Å². The van der Waals surface area contributed by atoms with Gasteiger partial charge in [-0.15, -0.1) is 11.6 Å². The molecule has 0 aromatic heterocycles. The number of hydrogen-bond donors (Lipinski definition) is 0. The minimum Gasteiger partial charge on any atom is -0.380 e. The zero-order valence-corrected chi connectivity index (χ0v) is 7.69. The smallest absolute Gasteiger partial charge is 0.0670 e. The highest BCUT2D eigenvalue weighted by Crippen LogP contribution is 1.92. The lowest BCUT2D eigenvalue weighted by atomic mass is 10.4. The van der Waals surface area contributed by atoms with Gasteiger partial charge in [0.05, 0.1) is 6.10 Å². The summed E-state index contributed by atoms with van der Waals surface area (Å²) < 4.78 is 5.08. The van der Waals surface area contributed by atoms with Crippen LogP contribution in [0.15, 0.2) is 0 Å². The Kier molecular flexibility index (Phi) is 6.08. The van der Waals surface area contributed by atoms with Crippen LogP contribution in [0.1, 0.15) is 6.92 Å². The van der Waals surface area contributed by atoms with Crippen LogP contribution in [0.25, 0.3) is 0 Å². The monoisotopic (exact) mass is 165 g/mol. The predicted octanol–water partition coefficient (Wildman–Crippen LogP) is 1.19. The average Bonchev–Trinajstić information content (AvgIpc) is 1.88. The number of likely N-dealkylation sites (N-methyl/N-ethyl adjacent to an activating group) is 1. The molecule has 10 heavy (non-hydrogen) atoms. The van der Waals surface area contributed by atoms with Crippen LogP contribution in [0.3, 0.4) is 0 Å². The van der Waals surface area contributed by atoms with Crippen molar-refractivity contribution in [1.82, 2.24) is 4.90 Å². The zero-order valence-electron chi connectivity index (χ0n) is 6.93. The van der Waals surface area contributed by atoms with Crippen LogP contribution in [0.2, 0.25) is 0 Å². The lowest BCUT2D eigenvalue weighted by Gasteiger charge is -2.18. The number of nitrogens with zero attached hydrogens (tertiary/aromatic N) is 1. The van der Waals surface area contributed by atoms with Crippen molar-refractivity contribution in [2.24, 2.45) is 0 Å². The molecule has 0 bridgehead atoms. The highest BCUT2D eigenvalue weighted by molar-refractivity contribution is 6.18. The minimum atomic E-state index is 0.299. The van der Waals surface area contributed by atoms with E-state index in [9.17, 15) is 0 Å². The first-order chi connectivity index (χ1) is 4.70. The van der Waals surface area contributed by atoms with E-state index in [1.165, 1.54) is 0 Å². The number of halogens is 1. The van der Waals surface area contributed by atoms with Gasteiger partial charge in [0.25, 0.3) is 0 Å². The molecule has 0 aliphatic rings. The maximum absolute atomic E-state index is 5.54. The van der Waals surface area contributed by atoms with Gasteiger partial charge in [-0.2, -0.15) is 0 Å². The first-order valence-corrected chi connectivity index (χ1v) is 4.01. The first-order valence-electron chi connectivity index (χ1n) is 3.48. The Morgan fingerprint density at radius 3 is 2.60 bits per heavy atom.